The Kier molecular flexibility index (Phi) is 6.22. The summed E-state index contributed by atoms with van der Waals surface area (Å²) in [5.41, 5.74) is 5.76. The maximum absolute atomic E-state index is 12.2. The number of nitrogens with zero attached hydrogens (tertiary/aromatic N) is 2. The van der Waals surface area contributed by atoms with E-state index in [0.717, 1.165) is 18.1 Å². The van der Waals surface area contributed by atoms with Crippen LogP contribution in [0.2, 0.25) is 0 Å². The van der Waals surface area contributed by atoms with Crippen LogP contribution >= 0.6 is 11.5 Å². The summed E-state index contributed by atoms with van der Waals surface area (Å²) in [6.45, 7) is 7.64. The minimum Gasteiger partial charge on any atom is -0.383 e. The van der Waals surface area contributed by atoms with Crippen molar-refractivity contribution in [2.24, 2.45) is 5.92 Å². The van der Waals surface area contributed by atoms with Gasteiger partial charge in [-0.3, -0.25) is 0 Å². The van der Waals surface area contributed by atoms with Crippen molar-refractivity contribution in [1.82, 2.24) is 4.37 Å². The maximum Gasteiger partial charge on any atom is 0.184 e. The fourth-order valence-corrected chi connectivity index (χ4v) is 4.18. The Labute approximate surface area is 125 Å². The van der Waals surface area contributed by atoms with Gasteiger partial charge >= 0.3 is 0 Å². The van der Waals surface area contributed by atoms with Crippen molar-refractivity contribution in [2.45, 2.75) is 25.7 Å². The Bertz CT molecular complexity index is 526. The van der Waals surface area contributed by atoms with Crippen LogP contribution in [0.3, 0.4) is 0 Å². The molecule has 0 aliphatic rings. The van der Waals surface area contributed by atoms with Crippen LogP contribution in [0.15, 0.2) is 4.90 Å². The van der Waals surface area contributed by atoms with E-state index in [1.165, 1.54) is 0 Å². The van der Waals surface area contributed by atoms with Crippen molar-refractivity contribution in [2.75, 3.05) is 43.2 Å². The number of aromatic nitrogens is 1. The number of sulfone groups is 1. The molecule has 1 rings (SSSR count). The predicted octanol–water partition coefficient (Wildman–Crippen LogP) is 1.63. The first-order valence-electron chi connectivity index (χ1n) is 6.55. The highest BCUT2D eigenvalue weighted by Crippen LogP contribution is 2.35. The number of hydrogen-bond acceptors (Lipinski definition) is 7. The van der Waals surface area contributed by atoms with Crippen molar-refractivity contribution in [3.63, 3.8) is 0 Å². The summed E-state index contributed by atoms with van der Waals surface area (Å²) >= 11 is 1.14. The summed E-state index contributed by atoms with van der Waals surface area (Å²) in [6, 6.07) is 0. The lowest BCUT2D eigenvalue weighted by atomic mass is 10.2. The molecule has 0 fully saturated rings. The van der Waals surface area contributed by atoms with E-state index in [0.29, 0.717) is 24.1 Å². The van der Waals surface area contributed by atoms with Gasteiger partial charge in [0.05, 0.1) is 12.4 Å². The minimum atomic E-state index is -3.38. The molecule has 0 unspecified atom stereocenters. The molecule has 1 heterocycles. The third-order valence-electron chi connectivity index (χ3n) is 2.79. The van der Waals surface area contributed by atoms with Gasteiger partial charge in [0.1, 0.15) is 9.90 Å². The Morgan fingerprint density at radius 2 is 2.10 bits per heavy atom. The van der Waals surface area contributed by atoms with E-state index >= 15 is 0 Å². The molecule has 0 atom stereocenters. The van der Waals surface area contributed by atoms with E-state index in [1.54, 1.807) is 14.0 Å². The van der Waals surface area contributed by atoms with Gasteiger partial charge in [-0.05, 0) is 17.5 Å². The maximum atomic E-state index is 12.2. The summed E-state index contributed by atoms with van der Waals surface area (Å²) in [5, 5.41) is 0.620. The van der Waals surface area contributed by atoms with Crippen molar-refractivity contribution >= 4 is 32.2 Å². The third-order valence-corrected chi connectivity index (χ3v) is 5.62. The van der Waals surface area contributed by atoms with Crippen LogP contribution < -0.4 is 10.6 Å². The summed E-state index contributed by atoms with van der Waals surface area (Å²) in [4.78, 5) is 2.16. The van der Waals surface area contributed by atoms with E-state index in [4.69, 9.17) is 10.5 Å². The Morgan fingerprint density at radius 3 is 2.60 bits per heavy atom. The smallest absolute Gasteiger partial charge is 0.184 e. The van der Waals surface area contributed by atoms with Crippen molar-refractivity contribution in [3.8, 4) is 0 Å². The molecule has 0 aliphatic heterocycles. The van der Waals surface area contributed by atoms with Gasteiger partial charge in [0.2, 0.25) is 0 Å². The Hall–Kier alpha value is -0.860. The molecule has 116 valence electrons. The number of nitrogens with two attached hydrogens (primary N) is 1. The monoisotopic (exact) mass is 321 g/mol. The van der Waals surface area contributed by atoms with Crippen LogP contribution in [0.1, 0.15) is 20.8 Å². The van der Waals surface area contributed by atoms with Crippen LogP contribution in [0.25, 0.3) is 0 Å². The normalized spacial score (nSPS) is 12.1. The Morgan fingerprint density at radius 1 is 1.45 bits per heavy atom. The fraction of sp³-hybridized carbons (Fsp3) is 0.750. The number of anilines is 2. The topological polar surface area (TPSA) is 85.5 Å². The largest absolute Gasteiger partial charge is 0.383 e. The first-order chi connectivity index (χ1) is 9.33. The summed E-state index contributed by atoms with van der Waals surface area (Å²) in [6.07, 6.45) is 0. The fourth-order valence-electron chi connectivity index (χ4n) is 1.84. The molecule has 0 radical (unpaired) electrons. The van der Waals surface area contributed by atoms with Gasteiger partial charge < -0.3 is 15.4 Å². The zero-order valence-corrected chi connectivity index (χ0v) is 14.1. The summed E-state index contributed by atoms with van der Waals surface area (Å²) < 4.78 is 33.5. The van der Waals surface area contributed by atoms with Crippen LogP contribution in [0.5, 0.6) is 0 Å². The van der Waals surface area contributed by atoms with Crippen LogP contribution in [-0.2, 0) is 14.6 Å². The van der Waals surface area contributed by atoms with E-state index in [1.807, 2.05) is 4.90 Å². The molecule has 1 aromatic heterocycles. The molecule has 0 spiro atoms. The summed E-state index contributed by atoms with van der Waals surface area (Å²) in [7, 11) is -1.76. The number of rotatable bonds is 8. The van der Waals surface area contributed by atoms with E-state index in [9.17, 15) is 8.42 Å². The highest BCUT2D eigenvalue weighted by Gasteiger charge is 2.27. The first kappa shape index (κ1) is 17.2. The van der Waals surface area contributed by atoms with E-state index in [2.05, 4.69) is 18.2 Å². The lowest BCUT2D eigenvalue weighted by molar-refractivity contribution is 0.204. The average molecular weight is 321 g/mol. The molecule has 6 nitrogen and oxygen atoms in total. The molecule has 0 aromatic carbocycles. The van der Waals surface area contributed by atoms with E-state index < -0.39 is 9.84 Å². The molecular formula is C12H23N3O3S2. The molecule has 0 aliphatic carbocycles. The highest BCUT2D eigenvalue weighted by atomic mass is 32.2. The zero-order chi connectivity index (χ0) is 15.3. The minimum absolute atomic E-state index is 0.0163. The number of ether oxygens (including phenoxy) is 1. The van der Waals surface area contributed by atoms with Crippen LogP contribution in [0, 0.1) is 5.92 Å². The van der Waals surface area contributed by atoms with Gasteiger partial charge in [0.25, 0.3) is 0 Å². The van der Waals surface area contributed by atoms with Gasteiger partial charge in [-0.1, -0.05) is 20.8 Å². The van der Waals surface area contributed by atoms with Gasteiger partial charge in [-0.2, -0.15) is 4.37 Å². The lowest BCUT2D eigenvalue weighted by Gasteiger charge is -2.25. The molecule has 2 N–H and O–H groups in total. The molecule has 1 aromatic rings. The number of nitrogen functional groups attached to an aromatic ring is 1. The highest BCUT2D eigenvalue weighted by molar-refractivity contribution is 7.91. The zero-order valence-electron chi connectivity index (χ0n) is 12.4. The van der Waals surface area contributed by atoms with Gasteiger partial charge in [-0.25, -0.2) is 8.42 Å². The van der Waals surface area contributed by atoms with Crippen molar-refractivity contribution < 1.29 is 13.2 Å². The molecule has 0 bridgehead atoms. The Balaban J connectivity index is 3.20. The number of methoxy groups -OCH3 is 1. The standard InChI is InChI=1S/C12H23N3O3S2/c1-5-20(16,17)10-11(13)14-19-12(10)15(6-7-18-4)8-9(2)3/h9H,5-8H2,1-4H3,(H2,13,14). The second kappa shape index (κ2) is 7.24. The van der Waals surface area contributed by atoms with Crippen molar-refractivity contribution in [3.05, 3.63) is 0 Å². The van der Waals surface area contributed by atoms with Crippen LogP contribution in [-0.4, -0.2) is 45.4 Å². The lowest BCUT2D eigenvalue weighted by Crippen LogP contribution is -2.31. The van der Waals surface area contributed by atoms with Crippen LogP contribution in [0.4, 0.5) is 10.8 Å². The number of hydrogen-bond donors (Lipinski definition) is 1. The third kappa shape index (κ3) is 4.07. The molecule has 0 saturated carbocycles. The second-order valence-electron chi connectivity index (χ2n) is 4.94. The van der Waals surface area contributed by atoms with Gasteiger partial charge in [-0.15, -0.1) is 0 Å². The molecule has 0 saturated heterocycles. The second-order valence-corrected chi connectivity index (χ2v) is 7.91. The van der Waals surface area contributed by atoms with Gasteiger partial charge in [0.15, 0.2) is 15.7 Å². The predicted molar refractivity (Wildman–Crippen MR) is 83.2 cm³/mol. The van der Waals surface area contributed by atoms with Gasteiger partial charge in [0, 0.05) is 20.2 Å². The van der Waals surface area contributed by atoms with E-state index in [-0.39, 0.29) is 16.5 Å². The SMILES string of the molecule is CCS(=O)(=O)c1c(N)nsc1N(CCOC)CC(C)C. The summed E-state index contributed by atoms with van der Waals surface area (Å²) in [5.74, 6) is 0.507. The molecule has 20 heavy (non-hydrogen) atoms. The quantitative estimate of drug-likeness (QED) is 0.783. The molecule has 8 heteroatoms. The average Bonchev–Trinajstić information content (AvgIpc) is 2.76. The van der Waals surface area contributed by atoms with Crippen molar-refractivity contribution in [1.29, 1.82) is 0 Å². The molecule has 0 amide bonds. The molecular weight excluding hydrogens is 298 g/mol. The first-order valence-corrected chi connectivity index (χ1v) is 8.97.